The molecule has 0 atom stereocenters. The summed E-state index contributed by atoms with van der Waals surface area (Å²) in [7, 11) is 0. The number of likely N-dealkylation sites (tertiary alicyclic amines) is 1. The minimum absolute atomic E-state index is 0.00130. The Morgan fingerprint density at radius 3 is 2.30 bits per heavy atom. The van der Waals surface area contributed by atoms with E-state index < -0.39 is 40.7 Å². The van der Waals surface area contributed by atoms with Gasteiger partial charge in [-0.1, -0.05) is 6.07 Å². The third-order valence-electron chi connectivity index (χ3n) is 15.0. The van der Waals surface area contributed by atoms with Gasteiger partial charge in [0.15, 0.2) is 17.4 Å². The van der Waals surface area contributed by atoms with Crippen LogP contribution in [0.2, 0.25) is 0 Å². The van der Waals surface area contributed by atoms with Gasteiger partial charge in [-0.25, -0.2) is 13.6 Å². The number of anilines is 2. The average Bonchev–Trinajstić information content (AvgIpc) is 3.74. The third kappa shape index (κ3) is 9.02. The summed E-state index contributed by atoms with van der Waals surface area (Å²) in [4.78, 5) is 59.0. The van der Waals surface area contributed by atoms with E-state index in [2.05, 4.69) is 49.5 Å². The predicted molar refractivity (Wildman–Crippen MR) is 236 cm³/mol. The van der Waals surface area contributed by atoms with Gasteiger partial charge in [0, 0.05) is 93.8 Å². The number of halogens is 3. The Morgan fingerprint density at radius 2 is 1.58 bits per heavy atom. The maximum atomic E-state index is 14.2. The first kappa shape index (κ1) is 43.6. The summed E-state index contributed by atoms with van der Waals surface area (Å²) in [5.74, 6) is -6.54. The summed E-state index contributed by atoms with van der Waals surface area (Å²) in [6.07, 6.45) is 12.6. The van der Waals surface area contributed by atoms with Crippen molar-refractivity contribution in [1.29, 1.82) is 0 Å². The summed E-state index contributed by atoms with van der Waals surface area (Å²) in [6, 6.07) is 12.3. The summed E-state index contributed by atoms with van der Waals surface area (Å²) < 4.78 is 43.7. The lowest BCUT2D eigenvalue weighted by Crippen LogP contribution is -2.50. The fraction of sp³-hybridized carbons (Fsp3) is 0.521. The molecule has 340 valence electrons. The highest BCUT2D eigenvalue weighted by Gasteiger charge is 2.40. The molecule has 3 aromatic carbocycles. The molecule has 3 aliphatic heterocycles. The number of nitrogens with one attached hydrogen (secondary N) is 2. The number of piperidine rings is 1. The van der Waals surface area contributed by atoms with Crippen LogP contribution in [0.3, 0.4) is 0 Å². The first-order valence-corrected chi connectivity index (χ1v) is 23.0. The van der Waals surface area contributed by atoms with Crippen molar-refractivity contribution in [2.75, 3.05) is 68.7 Å². The number of rotatable bonds is 9. The fourth-order valence-corrected chi connectivity index (χ4v) is 10.8. The van der Waals surface area contributed by atoms with E-state index in [1.165, 1.54) is 31.4 Å². The monoisotopic (exact) mass is 882 g/mol. The average molecular weight is 883 g/mol. The van der Waals surface area contributed by atoms with Crippen molar-refractivity contribution in [2.24, 2.45) is 17.3 Å². The van der Waals surface area contributed by atoms with Gasteiger partial charge in [0.1, 0.15) is 0 Å². The molecule has 3 N–H and O–H groups in total. The molecule has 16 heteroatoms. The second-order valence-corrected chi connectivity index (χ2v) is 18.9. The molecule has 9 rings (SSSR count). The Hall–Kier alpha value is -5.64. The van der Waals surface area contributed by atoms with E-state index in [9.17, 15) is 37.5 Å². The number of amides is 5. The molecule has 0 radical (unpaired) electrons. The number of phenols is 1. The Labute approximate surface area is 370 Å². The zero-order valence-electron chi connectivity index (χ0n) is 36.4. The largest absolute Gasteiger partial charge is 0.503 e. The van der Waals surface area contributed by atoms with Crippen LogP contribution >= 0.6 is 0 Å². The number of fused-ring (bicyclic) bond motifs is 1. The van der Waals surface area contributed by atoms with Crippen molar-refractivity contribution in [2.45, 2.75) is 83.6 Å². The molecule has 0 unspecified atom stereocenters. The van der Waals surface area contributed by atoms with E-state index >= 15 is 0 Å². The molecule has 2 aliphatic carbocycles. The number of piperazine rings is 1. The van der Waals surface area contributed by atoms with Crippen molar-refractivity contribution < 1.29 is 37.5 Å². The topological polar surface area (TPSA) is 143 Å². The molecule has 3 saturated heterocycles. The lowest BCUT2D eigenvalue weighted by atomic mass is 9.65. The molecule has 4 heterocycles. The van der Waals surface area contributed by atoms with E-state index in [4.69, 9.17) is 5.10 Å². The molecule has 5 amide bonds. The molecule has 13 nitrogen and oxygen atoms in total. The Balaban J connectivity index is 0.700. The van der Waals surface area contributed by atoms with Gasteiger partial charge in [0.2, 0.25) is 11.7 Å². The van der Waals surface area contributed by atoms with Crippen LogP contribution in [-0.2, 0) is 4.79 Å². The van der Waals surface area contributed by atoms with Crippen molar-refractivity contribution >= 4 is 46.0 Å². The predicted octanol–water partition coefficient (Wildman–Crippen LogP) is 7.31. The number of aromatic nitrogens is 2. The number of aromatic hydroxyl groups is 1. The molecular weight excluding hydrogens is 826 g/mol. The van der Waals surface area contributed by atoms with E-state index in [1.54, 1.807) is 11.0 Å². The number of hydrogen-bond acceptors (Lipinski definition) is 8. The fourth-order valence-electron chi connectivity index (χ4n) is 10.8. The first-order chi connectivity index (χ1) is 30.8. The summed E-state index contributed by atoms with van der Waals surface area (Å²) in [5.41, 5.74) is 3.81. The van der Waals surface area contributed by atoms with Crippen LogP contribution in [-0.4, -0.2) is 107 Å². The molecular formula is C48H57F3N8O5. The SMILES string of the molecule is Cc1ccc(C(=O)N2CCC3(CCC(CN4CCN(c5ccc6cn([C@H]7CC[C@H](CNC(=O)c8cc(F)c(O)c(F)c8F)CC7)nc6c5)CC4)CC3)CC2)cc1N1CCC(=O)NC1=O. The van der Waals surface area contributed by atoms with Crippen LogP contribution in [0.15, 0.2) is 48.7 Å². The molecule has 5 aliphatic rings. The molecule has 0 bridgehead atoms. The number of carbonyl (C=O) groups is 4. The highest BCUT2D eigenvalue weighted by Crippen LogP contribution is 2.47. The highest BCUT2D eigenvalue weighted by atomic mass is 19.2. The zero-order valence-corrected chi connectivity index (χ0v) is 36.4. The third-order valence-corrected chi connectivity index (χ3v) is 15.0. The molecule has 5 fully saturated rings. The maximum Gasteiger partial charge on any atom is 0.328 e. The number of urea groups is 1. The Bertz CT molecular complexity index is 2430. The first-order valence-electron chi connectivity index (χ1n) is 23.0. The van der Waals surface area contributed by atoms with Crippen LogP contribution in [0.1, 0.15) is 103 Å². The van der Waals surface area contributed by atoms with Gasteiger partial charge in [-0.3, -0.25) is 34.2 Å². The van der Waals surface area contributed by atoms with Crippen LogP contribution in [0.25, 0.3) is 10.9 Å². The number of hydrogen-bond donors (Lipinski definition) is 3. The minimum Gasteiger partial charge on any atom is -0.503 e. The molecule has 64 heavy (non-hydrogen) atoms. The summed E-state index contributed by atoms with van der Waals surface area (Å²) >= 11 is 0. The van der Waals surface area contributed by atoms with Crippen molar-refractivity contribution in [3.05, 3.63) is 82.8 Å². The van der Waals surface area contributed by atoms with Gasteiger partial charge in [-0.05, 0) is 130 Å². The summed E-state index contributed by atoms with van der Waals surface area (Å²) in [5, 5.41) is 20.3. The Kier molecular flexibility index (Phi) is 12.3. The Morgan fingerprint density at radius 1 is 0.844 bits per heavy atom. The van der Waals surface area contributed by atoms with Crippen molar-refractivity contribution in [3.63, 3.8) is 0 Å². The molecule has 1 aromatic heterocycles. The number of benzene rings is 3. The number of aryl methyl sites for hydroxylation is 1. The second-order valence-electron chi connectivity index (χ2n) is 18.9. The van der Waals surface area contributed by atoms with Crippen LogP contribution in [0.4, 0.5) is 29.3 Å². The van der Waals surface area contributed by atoms with Crippen LogP contribution < -0.4 is 20.4 Å². The van der Waals surface area contributed by atoms with Crippen LogP contribution in [0, 0.1) is 41.6 Å². The van der Waals surface area contributed by atoms with E-state index in [-0.39, 0.29) is 36.7 Å². The lowest BCUT2D eigenvalue weighted by molar-refractivity contribution is -0.120. The van der Waals surface area contributed by atoms with Crippen molar-refractivity contribution in [3.8, 4) is 5.75 Å². The number of imide groups is 1. The quantitative estimate of drug-likeness (QED) is 0.149. The lowest BCUT2D eigenvalue weighted by Gasteiger charge is -2.47. The van der Waals surface area contributed by atoms with Gasteiger partial charge in [0.05, 0.1) is 17.1 Å². The van der Waals surface area contributed by atoms with Crippen LogP contribution in [0.5, 0.6) is 5.75 Å². The number of carbonyl (C=O) groups excluding carboxylic acids is 4. The van der Waals surface area contributed by atoms with E-state index in [1.807, 2.05) is 24.0 Å². The van der Waals surface area contributed by atoms with Gasteiger partial charge in [0.25, 0.3) is 11.8 Å². The smallest absolute Gasteiger partial charge is 0.328 e. The van der Waals surface area contributed by atoms with Gasteiger partial charge in [-0.15, -0.1) is 0 Å². The number of phenolic OH excluding ortho intramolecular Hbond substituents is 1. The molecule has 2 saturated carbocycles. The maximum absolute atomic E-state index is 14.2. The zero-order chi connectivity index (χ0) is 44.7. The van der Waals surface area contributed by atoms with Crippen molar-refractivity contribution in [1.82, 2.24) is 30.2 Å². The van der Waals surface area contributed by atoms with Gasteiger partial charge >= 0.3 is 6.03 Å². The normalized spacial score (nSPS) is 22.3. The van der Waals surface area contributed by atoms with E-state index in [0.29, 0.717) is 35.2 Å². The minimum atomic E-state index is -1.77. The van der Waals surface area contributed by atoms with Gasteiger partial charge in [-0.2, -0.15) is 9.49 Å². The second kappa shape index (κ2) is 18.1. The molecule has 4 aromatic rings. The van der Waals surface area contributed by atoms with E-state index in [0.717, 1.165) is 101 Å². The molecule has 1 spiro atoms. The standard InChI is InChI=1S/C48H57F3N8O5/c1-30-2-5-33(24-40(30)58-17-12-41(60)53-47(58)64)46(63)57-18-15-48(16-19-57)13-10-32(11-14-48)28-55-20-22-56(23-21-55)36-9-6-34-29-59(54-39(34)25-36)35-7-3-31(4-8-35)27-52-45(62)37-26-38(49)44(61)43(51)42(37)50/h2,5-6,9,24-26,29,31-32,35,61H,3-4,7-8,10-23,27-28H2,1H3,(H,52,62)(H,53,60,64)/t31-,35-. The van der Waals surface area contributed by atoms with Gasteiger partial charge < -0.3 is 20.2 Å². The number of nitrogens with zero attached hydrogens (tertiary/aromatic N) is 6. The summed E-state index contributed by atoms with van der Waals surface area (Å²) in [6.45, 7) is 9.05. The highest BCUT2D eigenvalue weighted by molar-refractivity contribution is 6.06.